The summed E-state index contributed by atoms with van der Waals surface area (Å²) in [6, 6.07) is 10.3. The number of nitrogens with zero attached hydrogens (tertiary/aromatic N) is 2. The van der Waals surface area contributed by atoms with E-state index in [1.54, 1.807) is 0 Å². The highest BCUT2D eigenvalue weighted by molar-refractivity contribution is 5.59. The number of benzene rings is 1. The summed E-state index contributed by atoms with van der Waals surface area (Å²) in [7, 11) is 0. The topological polar surface area (TPSA) is 49.8 Å². The smallest absolute Gasteiger partial charge is 0.136 e. The molecule has 106 valence electrons. The summed E-state index contributed by atoms with van der Waals surface area (Å²) in [6.45, 7) is 7.11. The number of hydrogen-bond donors (Lipinski definition) is 2. The fourth-order valence-electron chi connectivity index (χ4n) is 1.99. The van der Waals surface area contributed by atoms with E-state index >= 15 is 0 Å². The zero-order valence-electron chi connectivity index (χ0n) is 12.4. The van der Waals surface area contributed by atoms with Gasteiger partial charge >= 0.3 is 0 Å². The van der Waals surface area contributed by atoms with Gasteiger partial charge < -0.3 is 10.6 Å². The highest BCUT2D eigenvalue weighted by atomic mass is 15.1. The number of nitrogens with one attached hydrogen (secondary N) is 2. The number of aromatic nitrogens is 2. The van der Waals surface area contributed by atoms with Gasteiger partial charge in [0.2, 0.25) is 0 Å². The zero-order chi connectivity index (χ0) is 14.4. The third-order valence-corrected chi connectivity index (χ3v) is 3.00. The molecule has 2 rings (SSSR count). The van der Waals surface area contributed by atoms with Crippen LogP contribution in [0.3, 0.4) is 0 Å². The molecule has 0 aliphatic heterocycles. The number of rotatable bonds is 6. The van der Waals surface area contributed by atoms with Crippen molar-refractivity contribution < 1.29 is 0 Å². The van der Waals surface area contributed by atoms with Crippen molar-refractivity contribution in [3.8, 4) is 0 Å². The van der Waals surface area contributed by atoms with Gasteiger partial charge in [0, 0.05) is 18.3 Å². The Hall–Kier alpha value is -2.10. The van der Waals surface area contributed by atoms with Crippen molar-refractivity contribution in [3.63, 3.8) is 0 Å². The van der Waals surface area contributed by atoms with Crippen molar-refractivity contribution in [1.29, 1.82) is 0 Å². The first-order chi connectivity index (χ1) is 9.71. The Labute approximate surface area is 120 Å². The van der Waals surface area contributed by atoms with Crippen molar-refractivity contribution in [2.45, 2.75) is 33.6 Å². The minimum atomic E-state index is 0.764. The number of aryl methyl sites for hydroxylation is 2. The van der Waals surface area contributed by atoms with Crippen LogP contribution >= 0.6 is 0 Å². The van der Waals surface area contributed by atoms with E-state index in [4.69, 9.17) is 0 Å². The lowest BCUT2D eigenvalue weighted by molar-refractivity contribution is 0.955. The molecule has 4 heteroatoms. The Morgan fingerprint density at radius 1 is 1.05 bits per heavy atom. The van der Waals surface area contributed by atoms with Gasteiger partial charge in [-0.05, 0) is 37.5 Å². The van der Waals surface area contributed by atoms with Gasteiger partial charge in [-0.3, -0.25) is 0 Å². The standard InChI is InChI=1S/C16H22N4/c1-4-9-17-15-11-16(19-12(3)18-15)20-14-8-6-7-13(5-2)10-14/h6-8,10-11H,4-5,9H2,1-3H3,(H2,17,18,19,20). The Morgan fingerprint density at radius 2 is 1.85 bits per heavy atom. The molecule has 0 atom stereocenters. The predicted octanol–water partition coefficient (Wildman–Crippen LogP) is 3.91. The van der Waals surface area contributed by atoms with Crippen molar-refractivity contribution in [3.05, 3.63) is 41.7 Å². The molecular formula is C16H22N4. The zero-order valence-corrected chi connectivity index (χ0v) is 12.4. The molecule has 1 aromatic carbocycles. The van der Waals surface area contributed by atoms with Crippen LogP contribution in [0.2, 0.25) is 0 Å². The van der Waals surface area contributed by atoms with Crippen LogP contribution in [0.1, 0.15) is 31.7 Å². The first-order valence-corrected chi connectivity index (χ1v) is 7.16. The molecule has 2 N–H and O–H groups in total. The van der Waals surface area contributed by atoms with Gasteiger partial charge in [0.25, 0.3) is 0 Å². The molecule has 0 bridgehead atoms. The average Bonchev–Trinajstić information content (AvgIpc) is 2.44. The second kappa shape index (κ2) is 6.89. The lowest BCUT2D eigenvalue weighted by Crippen LogP contribution is -2.05. The van der Waals surface area contributed by atoms with Crippen molar-refractivity contribution in [2.75, 3.05) is 17.2 Å². The highest BCUT2D eigenvalue weighted by Gasteiger charge is 2.02. The van der Waals surface area contributed by atoms with E-state index in [2.05, 4.69) is 58.7 Å². The summed E-state index contributed by atoms with van der Waals surface area (Å²) in [6.07, 6.45) is 2.10. The van der Waals surface area contributed by atoms with Gasteiger partial charge in [0.05, 0.1) is 0 Å². The molecule has 0 amide bonds. The summed E-state index contributed by atoms with van der Waals surface area (Å²) in [5, 5.41) is 6.64. The van der Waals surface area contributed by atoms with Crippen LogP contribution in [0.5, 0.6) is 0 Å². The van der Waals surface area contributed by atoms with E-state index in [1.165, 1.54) is 5.56 Å². The first-order valence-electron chi connectivity index (χ1n) is 7.16. The van der Waals surface area contributed by atoms with E-state index in [1.807, 2.05) is 13.0 Å². The van der Waals surface area contributed by atoms with Crippen LogP contribution in [-0.2, 0) is 6.42 Å². The molecule has 0 saturated heterocycles. The fraction of sp³-hybridized carbons (Fsp3) is 0.375. The van der Waals surface area contributed by atoms with Gasteiger partial charge in [0.15, 0.2) is 0 Å². The van der Waals surface area contributed by atoms with Gasteiger partial charge in [-0.1, -0.05) is 26.0 Å². The van der Waals surface area contributed by atoms with Crippen molar-refractivity contribution in [2.24, 2.45) is 0 Å². The minimum Gasteiger partial charge on any atom is -0.370 e. The monoisotopic (exact) mass is 270 g/mol. The number of anilines is 3. The van der Waals surface area contributed by atoms with Crippen molar-refractivity contribution >= 4 is 17.3 Å². The molecule has 0 aliphatic rings. The third-order valence-electron chi connectivity index (χ3n) is 3.00. The molecule has 20 heavy (non-hydrogen) atoms. The molecule has 0 radical (unpaired) electrons. The normalized spacial score (nSPS) is 10.3. The van der Waals surface area contributed by atoms with Crippen LogP contribution in [0.25, 0.3) is 0 Å². The summed E-state index contributed by atoms with van der Waals surface area (Å²) in [5.41, 5.74) is 2.37. The van der Waals surface area contributed by atoms with E-state index in [-0.39, 0.29) is 0 Å². The van der Waals surface area contributed by atoms with E-state index in [0.717, 1.165) is 42.5 Å². The molecule has 0 fully saturated rings. The Kier molecular flexibility index (Phi) is 4.93. The van der Waals surface area contributed by atoms with Crippen LogP contribution in [-0.4, -0.2) is 16.5 Å². The SMILES string of the molecule is CCCNc1cc(Nc2cccc(CC)c2)nc(C)n1. The molecule has 0 aliphatic carbocycles. The number of hydrogen-bond acceptors (Lipinski definition) is 4. The molecule has 1 aromatic heterocycles. The lowest BCUT2D eigenvalue weighted by atomic mass is 10.1. The van der Waals surface area contributed by atoms with E-state index in [9.17, 15) is 0 Å². The van der Waals surface area contributed by atoms with Gasteiger partial charge in [-0.2, -0.15) is 0 Å². The highest BCUT2D eigenvalue weighted by Crippen LogP contribution is 2.18. The minimum absolute atomic E-state index is 0.764. The van der Waals surface area contributed by atoms with Crippen LogP contribution in [0.15, 0.2) is 30.3 Å². The Bertz CT molecular complexity index is 566. The van der Waals surface area contributed by atoms with E-state index in [0.29, 0.717) is 0 Å². The van der Waals surface area contributed by atoms with E-state index < -0.39 is 0 Å². The Morgan fingerprint density at radius 3 is 2.60 bits per heavy atom. The van der Waals surface area contributed by atoms with Gasteiger partial charge in [0.1, 0.15) is 17.5 Å². The third kappa shape index (κ3) is 3.95. The quantitative estimate of drug-likeness (QED) is 0.835. The maximum Gasteiger partial charge on any atom is 0.136 e. The summed E-state index contributed by atoms with van der Waals surface area (Å²) in [4.78, 5) is 8.81. The van der Waals surface area contributed by atoms with Gasteiger partial charge in [-0.25, -0.2) is 9.97 Å². The summed E-state index contributed by atoms with van der Waals surface area (Å²) < 4.78 is 0. The first kappa shape index (κ1) is 14.3. The lowest BCUT2D eigenvalue weighted by Gasteiger charge is -2.10. The van der Waals surface area contributed by atoms with Crippen molar-refractivity contribution in [1.82, 2.24) is 9.97 Å². The molecule has 1 heterocycles. The maximum absolute atomic E-state index is 4.43. The Balaban J connectivity index is 2.17. The molecular weight excluding hydrogens is 248 g/mol. The fourth-order valence-corrected chi connectivity index (χ4v) is 1.99. The molecule has 2 aromatic rings. The summed E-state index contributed by atoms with van der Waals surface area (Å²) in [5.74, 6) is 2.46. The van der Waals surface area contributed by atoms with Gasteiger partial charge in [-0.15, -0.1) is 0 Å². The molecule has 0 spiro atoms. The maximum atomic E-state index is 4.43. The predicted molar refractivity (Wildman–Crippen MR) is 84.7 cm³/mol. The average molecular weight is 270 g/mol. The van der Waals surface area contributed by atoms with Crippen LogP contribution in [0, 0.1) is 6.92 Å². The van der Waals surface area contributed by atoms with Crippen LogP contribution < -0.4 is 10.6 Å². The summed E-state index contributed by atoms with van der Waals surface area (Å²) >= 11 is 0. The second-order valence-corrected chi connectivity index (χ2v) is 4.79. The second-order valence-electron chi connectivity index (χ2n) is 4.79. The largest absolute Gasteiger partial charge is 0.370 e. The molecule has 0 saturated carbocycles. The van der Waals surface area contributed by atoms with Crippen LogP contribution in [0.4, 0.5) is 17.3 Å². The molecule has 4 nitrogen and oxygen atoms in total. The molecule has 0 unspecified atom stereocenters.